The van der Waals surface area contributed by atoms with Gasteiger partial charge >= 0.3 is 5.97 Å². The van der Waals surface area contributed by atoms with Crippen molar-refractivity contribution in [1.29, 1.82) is 5.26 Å². The second kappa shape index (κ2) is 6.23. The van der Waals surface area contributed by atoms with E-state index in [2.05, 4.69) is 4.98 Å². The Labute approximate surface area is 135 Å². The van der Waals surface area contributed by atoms with Gasteiger partial charge < -0.3 is 9.47 Å². The molecule has 0 aliphatic heterocycles. The van der Waals surface area contributed by atoms with Crippen molar-refractivity contribution in [1.82, 2.24) is 4.98 Å². The van der Waals surface area contributed by atoms with Crippen LogP contribution in [-0.4, -0.2) is 23.7 Å². The van der Waals surface area contributed by atoms with Gasteiger partial charge in [0.25, 0.3) is 0 Å². The number of aryl methyl sites for hydroxylation is 1. The number of pyridine rings is 1. The Morgan fingerprint density at radius 1 is 1.45 bits per heavy atom. The Bertz CT molecular complexity index is 648. The van der Waals surface area contributed by atoms with Crippen molar-refractivity contribution < 1.29 is 14.3 Å². The molecule has 1 aromatic rings. The van der Waals surface area contributed by atoms with Crippen molar-refractivity contribution in [3.05, 3.63) is 27.5 Å². The van der Waals surface area contributed by atoms with Crippen LogP contribution in [-0.2, 0) is 14.3 Å². The minimum Gasteiger partial charge on any atom is -0.467 e. The molecule has 0 amide bonds. The van der Waals surface area contributed by atoms with E-state index >= 15 is 0 Å². The summed E-state index contributed by atoms with van der Waals surface area (Å²) < 4.78 is 10.9. The maximum atomic E-state index is 12.2. The maximum Gasteiger partial charge on any atom is 0.339 e. The van der Waals surface area contributed by atoms with Crippen molar-refractivity contribution in [2.75, 3.05) is 7.11 Å². The van der Waals surface area contributed by atoms with Gasteiger partial charge in [-0.05, 0) is 40.0 Å². The van der Waals surface area contributed by atoms with Crippen LogP contribution in [0.2, 0.25) is 5.02 Å². The van der Waals surface area contributed by atoms with Crippen molar-refractivity contribution in [3.63, 3.8) is 0 Å². The quantitative estimate of drug-likeness (QED) is 0.794. The lowest BCUT2D eigenvalue weighted by molar-refractivity contribution is -0.177. The molecule has 1 aliphatic rings. The number of hydrogen-bond acceptors (Lipinski definition) is 5. The molecule has 1 fully saturated rings. The Kier molecular flexibility index (Phi) is 4.74. The van der Waals surface area contributed by atoms with Crippen LogP contribution in [0.15, 0.2) is 0 Å². The SMILES string of the molecule is COC(=O)[C@@H](OC1(C)CCC1)c1c(C)nc(C#N)c(C)c1Cl. The van der Waals surface area contributed by atoms with Gasteiger partial charge in [-0.2, -0.15) is 5.26 Å². The molecule has 5 nitrogen and oxygen atoms in total. The predicted molar refractivity (Wildman–Crippen MR) is 81.5 cm³/mol. The Hall–Kier alpha value is -1.64. The zero-order chi connectivity index (χ0) is 16.5. The van der Waals surface area contributed by atoms with Gasteiger partial charge in [-0.15, -0.1) is 0 Å². The second-order valence-electron chi connectivity index (χ2n) is 5.83. The van der Waals surface area contributed by atoms with Gasteiger partial charge in [0, 0.05) is 16.8 Å². The Morgan fingerprint density at radius 3 is 2.55 bits per heavy atom. The van der Waals surface area contributed by atoms with Crippen molar-refractivity contribution >= 4 is 17.6 Å². The predicted octanol–water partition coefficient (Wildman–Crippen LogP) is 3.40. The number of nitriles is 1. The summed E-state index contributed by atoms with van der Waals surface area (Å²) in [6, 6.07) is 2.00. The van der Waals surface area contributed by atoms with Crippen LogP contribution in [0.1, 0.15) is 54.8 Å². The third-order valence-electron chi connectivity index (χ3n) is 4.19. The van der Waals surface area contributed by atoms with E-state index < -0.39 is 12.1 Å². The van der Waals surface area contributed by atoms with E-state index in [1.54, 1.807) is 13.8 Å². The fourth-order valence-corrected chi connectivity index (χ4v) is 2.92. The number of hydrogen-bond donors (Lipinski definition) is 0. The summed E-state index contributed by atoms with van der Waals surface area (Å²) in [5.41, 5.74) is 1.44. The van der Waals surface area contributed by atoms with Crippen LogP contribution in [0.5, 0.6) is 0 Å². The minimum absolute atomic E-state index is 0.254. The molecule has 0 N–H and O–H groups in total. The molecule has 0 bridgehead atoms. The zero-order valence-electron chi connectivity index (χ0n) is 13.2. The third kappa shape index (κ3) is 2.94. The van der Waals surface area contributed by atoms with Crippen LogP contribution >= 0.6 is 11.6 Å². The van der Waals surface area contributed by atoms with Gasteiger partial charge in [0.1, 0.15) is 11.8 Å². The summed E-state index contributed by atoms with van der Waals surface area (Å²) in [5, 5.41) is 9.43. The largest absolute Gasteiger partial charge is 0.467 e. The molecule has 1 aliphatic carbocycles. The number of methoxy groups -OCH3 is 1. The fraction of sp³-hybridized carbons (Fsp3) is 0.562. The molecule has 0 aromatic carbocycles. The summed E-state index contributed by atoms with van der Waals surface area (Å²) in [6.07, 6.45) is 1.92. The Balaban J connectivity index is 2.50. The number of esters is 1. The molecule has 6 heteroatoms. The second-order valence-corrected chi connectivity index (χ2v) is 6.21. The number of aromatic nitrogens is 1. The molecule has 0 radical (unpaired) electrons. The van der Waals surface area contributed by atoms with Crippen molar-refractivity contribution in [2.45, 2.75) is 51.7 Å². The van der Waals surface area contributed by atoms with Crippen LogP contribution in [0.25, 0.3) is 0 Å². The third-order valence-corrected chi connectivity index (χ3v) is 4.67. The molecule has 1 atom stereocenters. The van der Waals surface area contributed by atoms with Gasteiger partial charge in [-0.25, -0.2) is 9.78 Å². The van der Waals surface area contributed by atoms with Gasteiger partial charge in [-0.1, -0.05) is 11.6 Å². The first kappa shape index (κ1) is 16.7. The van der Waals surface area contributed by atoms with E-state index in [0.29, 0.717) is 21.8 Å². The molecule has 1 heterocycles. The summed E-state index contributed by atoms with van der Waals surface area (Å²) >= 11 is 6.39. The lowest BCUT2D eigenvalue weighted by atomic mass is 9.81. The van der Waals surface area contributed by atoms with Crippen LogP contribution in [0.4, 0.5) is 0 Å². The molecule has 0 unspecified atom stereocenters. The van der Waals surface area contributed by atoms with E-state index in [0.717, 1.165) is 19.3 Å². The monoisotopic (exact) mass is 322 g/mol. The number of ether oxygens (including phenoxy) is 2. The first-order valence-corrected chi connectivity index (χ1v) is 7.53. The number of carbonyl (C=O) groups excluding carboxylic acids is 1. The number of halogens is 1. The zero-order valence-corrected chi connectivity index (χ0v) is 14.0. The number of nitrogens with zero attached hydrogens (tertiary/aromatic N) is 2. The molecule has 1 saturated carbocycles. The standard InChI is InChI=1S/C16H19ClN2O3/c1-9-11(8-18)19-10(2)12(13(9)17)14(15(20)21-4)22-16(3)6-5-7-16/h14H,5-7H2,1-4H3/t14-/m0/s1. The highest BCUT2D eigenvalue weighted by molar-refractivity contribution is 6.32. The highest BCUT2D eigenvalue weighted by Crippen LogP contribution is 2.42. The molecule has 2 rings (SSSR count). The van der Waals surface area contributed by atoms with E-state index in [1.807, 2.05) is 13.0 Å². The lowest BCUT2D eigenvalue weighted by Crippen LogP contribution is -2.40. The summed E-state index contributed by atoms with van der Waals surface area (Å²) in [4.78, 5) is 16.4. The topological polar surface area (TPSA) is 72.2 Å². The molecule has 0 spiro atoms. The van der Waals surface area contributed by atoms with Gasteiger partial charge in [0.2, 0.25) is 0 Å². The van der Waals surface area contributed by atoms with Crippen molar-refractivity contribution in [2.24, 2.45) is 0 Å². The van der Waals surface area contributed by atoms with E-state index in [1.165, 1.54) is 7.11 Å². The van der Waals surface area contributed by atoms with E-state index in [4.69, 9.17) is 26.3 Å². The van der Waals surface area contributed by atoms with Crippen LogP contribution in [0, 0.1) is 25.2 Å². The van der Waals surface area contributed by atoms with Gasteiger partial charge in [0.05, 0.1) is 17.7 Å². The highest BCUT2D eigenvalue weighted by Gasteiger charge is 2.40. The normalized spacial score (nSPS) is 17.3. The minimum atomic E-state index is -0.929. The van der Waals surface area contributed by atoms with Crippen molar-refractivity contribution in [3.8, 4) is 6.07 Å². The van der Waals surface area contributed by atoms with E-state index in [9.17, 15) is 4.79 Å². The first-order valence-electron chi connectivity index (χ1n) is 7.15. The average Bonchev–Trinajstić information content (AvgIpc) is 2.47. The van der Waals surface area contributed by atoms with Crippen LogP contribution in [0.3, 0.4) is 0 Å². The summed E-state index contributed by atoms with van der Waals surface area (Å²) in [6.45, 7) is 5.39. The van der Waals surface area contributed by atoms with Gasteiger partial charge in [0.15, 0.2) is 6.10 Å². The molecule has 1 aromatic heterocycles. The number of carbonyl (C=O) groups is 1. The van der Waals surface area contributed by atoms with E-state index in [-0.39, 0.29) is 11.3 Å². The molecular formula is C16H19ClN2O3. The Morgan fingerprint density at radius 2 is 2.09 bits per heavy atom. The number of rotatable bonds is 4. The van der Waals surface area contributed by atoms with Gasteiger partial charge in [-0.3, -0.25) is 0 Å². The molecular weight excluding hydrogens is 304 g/mol. The fourth-order valence-electron chi connectivity index (χ4n) is 2.60. The average molecular weight is 323 g/mol. The first-order chi connectivity index (χ1) is 10.3. The van der Waals surface area contributed by atoms with Crippen LogP contribution < -0.4 is 0 Å². The molecule has 118 valence electrons. The molecule has 22 heavy (non-hydrogen) atoms. The molecule has 0 saturated heterocycles. The maximum absolute atomic E-state index is 12.2. The smallest absolute Gasteiger partial charge is 0.339 e. The summed E-state index contributed by atoms with van der Waals surface area (Å²) in [7, 11) is 1.31. The summed E-state index contributed by atoms with van der Waals surface area (Å²) in [5.74, 6) is -0.510. The highest BCUT2D eigenvalue weighted by atomic mass is 35.5. The lowest BCUT2D eigenvalue weighted by Gasteiger charge is -2.40.